The van der Waals surface area contributed by atoms with Crippen LogP contribution in [0.1, 0.15) is 22.7 Å². The molecule has 0 radical (unpaired) electrons. The van der Waals surface area contributed by atoms with Gasteiger partial charge in [0.15, 0.2) is 5.11 Å². The minimum absolute atomic E-state index is 0.208. The number of hydrogen-bond acceptors (Lipinski definition) is 2. The van der Waals surface area contributed by atoms with E-state index in [0.717, 1.165) is 22.4 Å². The highest BCUT2D eigenvalue weighted by Gasteiger charge is 2.32. The first-order valence-corrected chi connectivity index (χ1v) is 10.3. The highest BCUT2D eigenvalue weighted by atomic mass is 35.5. The van der Waals surface area contributed by atoms with E-state index in [-0.39, 0.29) is 5.91 Å². The topological polar surface area (TPSA) is 53.2 Å². The van der Waals surface area contributed by atoms with Gasteiger partial charge in [0.1, 0.15) is 0 Å². The van der Waals surface area contributed by atoms with Crippen molar-refractivity contribution in [2.24, 2.45) is 0 Å². The van der Waals surface area contributed by atoms with E-state index in [4.69, 9.17) is 23.8 Å². The van der Waals surface area contributed by atoms with Crippen LogP contribution in [0.25, 0.3) is 5.70 Å². The highest BCUT2D eigenvalue weighted by Crippen LogP contribution is 2.32. The van der Waals surface area contributed by atoms with Crippen LogP contribution in [0.3, 0.4) is 0 Å². The average Bonchev–Trinajstić information content (AvgIpc) is 2.76. The first-order valence-electron chi connectivity index (χ1n) is 9.52. The van der Waals surface area contributed by atoms with Gasteiger partial charge < -0.3 is 16.0 Å². The third kappa shape index (κ3) is 4.37. The highest BCUT2D eigenvalue weighted by molar-refractivity contribution is 7.80. The minimum Gasteiger partial charge on any atom is -0.351 e. The summed E-state index contributed by atoms with van der Waals surface area (Å²) in [5.74, 6) is -0.208. The van der Waals surface area contributed by atoms with Crippen LogP contribution < -0.4 is 16.0 Å². The fourth-order valence-electron chi connectivity index (χ4n) is 3.38. The van der Waals surface area contributed by atoms with Crippen molar-refractivity contribution >= 4 is 46.2 Å². The van der Waals surface area contributed by atoms with E-state index in [0.29, 0.717) is 21.4 Å². The molecule has 0 saturated heterocycles. The van der Waals surface area contributed by atoms with Crippen LogP contribution in [0.5, 0.6) is 0 Å². The average molecular weight is 434 g/mol. The summed E-state index contributed by atoms with van der Waals surface area (Å²) in [5.41, 5.74) is 4.87. The van der Waals surface area contributed by atoms with Gasteiger partial charge in [-0.25, -0.2) is 0 Å². The minimum atomic E-state index is -0.420. The molecule has 1 atom stereocenters. The fraction of sp³-hybridized carbons (Fsp3) is 0.0833. The zero-order valence-electron chi connectivity index (χ0n) is 16.3. The smallest absolute Gasteiger partial charge is 0.256 e. The van der Waals surface area contributed by atoms with Crippen molar-refractivity contribution in [2.75, 3.05) is 5.32 Å². The molecule has 150 valence electrons. The van der Waals surface area contributed by atoms with Crippen LogP contribution >= 0.6 is 23.8 Å². The second-order valence-corrected chi connectivity index (χ2v) is 7.90. The van der Waals surface area contributed by atoms with Gasteiger partial charge in [-0.3, -0.25) is 4.79 Å². The molecule has 30 heavy (non-hydrogen) atoms. The number of carbonyl (C=O) groups excluding carboxylic acids is 1. The Labute approximate surface area is 186 Å². The summed E-state index contributed by atoms with van der Waals surface area (Å²) in [7, 11) is 0. The number of thiocarbonyl (C=S) groups is 1. The number of anilines is 1. The number of hydrogen-bond donors (Lipinski definition) is 3. The third-order valence-electron chi connectivity index (χ3n) is 4.89. The van der Waals surface area contributed by atoms with Gasteiger partial charge in [-0.1, -0.05) is 71.8 Å². The fourth-order valence-corrected chi connectivity index (χ4v) is 3.73. The van der Waals surface area contributed by atoms with Gasteiger partial charge in [0.25, 0.3) is 5.91 Å². The van der Waals surface area contributed by atoms with Crippen LogP contribution in [0.2, 0.25) is 5.02 Å². The molecule has 1 unspecified atom stereocenters. The molecular formula is C24H20ClN3OS. The second kappa shape index (κ2) is 8.69. The molecule has 0 spiro atoms. The number of carbonyl (C=O) groups is 1. The standard InChI is InChI=1S/C24H20ClN3OS/c1-15-7-13-19(14-8-15)26-23(29)20-21(16-5-3-2-4-6-16)27-24(30)28-22(20)17-9-11-18(25)12-10-17/h2-14,22H,1H3,(H,26,29)(H2,27,28,30). The van der Waals surface area contributed by atoms with Crippen molar-refractivity contribution in [3.05, 3.63) is 106 Å². The maximum Gasteiger partial charge on any atom is 0.256 e. The Kier molecular flexibility index (Phi) is 5.84. The number of benzene rings is 3. The van der Waals surface area contributed by atoms with Gasteiger partial charge in [-0.15, -0.1) is 0 Å². The van der Waals surface area contributed by atoms with E-state index in [1.165, 1.54) is 0 Å². The summed E-state index contributed by atoms with van der Waals surface area (Å²) in [6, 6.07) is 24.4. The van der Waals surface area contributed by atoms with Gasteiger partial charge in [-0.05, 0) is 54.5 Å². The molecule has 4 rings (SSSR count). The maximum absolute atomic E-state index is 13.5. The van der Waals surface area contributed by atoms with Gasteiger partial charge >= 0.3 is 0 Å². The largest absolute Gasteiger partial charge is 0.351 e. The molecule has 1 aliphatic rings. The predicted octanol–water partition coefficient (Wildman–Crippen LogP) is 5.22. The van der Waals surface area contributed by atoms with Gasteiger partial charge in [0.2, 0.25) is 0 Å². The van der Waals surface area contributed by atoms with E-state index in [1.807, 2.05) is 73.7 Å². The summed E-state index contributed by atoms with van der Waals surface area (Å²) in [6.07, 6.45) is 0. The van der Waals surface area contributed by atoms with Crippen molar-refractivity contribution in [1.29, 1.82) is 0 Å². The molecule has 0 aliphatic carbocycles. The van der Waals surface area contributed by atoms with E-state index in [1.54, 1.807) is 12.1 Å². The summed E-state index contributed by atoms with van der Waals surface area (Å²) < 4.78 is 0. The number of amides is 1. The van der Waals surface area contributed by atoms with Crippen LogP contribution in [0, 0.1) is 6.92 Å². The van der Waals surface area contributed by atoms with Gasteiger partial charge in [0, 0.05) is 10.7 Å². The predicted molar refractivity (Wildman–Crippen MR) is 126 cm³/mol. The Balaban J connectivity index is 1.81. The van der Waals surface area contributed by atoms with Crippen molar-refractivity contribution in [1.82, 2.24) is 10.6 Å². The normalized spacial score (nSPS) is 15.9. The molecule has 1 heterocycles. The monoisotopic (exact) mass is 433 g/mol. The van der Waals surface area contributed by atoms with Crippen LogP contribution in [0.15, 0.2) is 84.4 Å². The quantitative estimate of drug-likeness (QED) is 0.494. The molecule has 0 aromatic heterocycles. The van der Waals surface area contributed by atoms with Crippen molar-refractivity contribution < 1.29 is 4.79 Å². The van der Waals surface area contributed by atoms with Crippen molar-refractivity contribution in [3.8, 4) is 0 Å². The maximum atomic E-state index is 13.5. The van der Waals surface area contributed by atoms with E-state index in [9.17, 15) is 4.79 Å². The van der Waals surface area contributed by atoms with Crippen LogP contribution in [-0.2, 0) is 4.79 Å². The van der Waals surface area contributed by atoms with Crippen LogP contribution in [-0.4, -0.2) is 11.0 Å². The molecule has 3 N–H and O–H groups in total. The van der Waals surface area contributed by atoms with E-state index in [2.05, 4.69) is 16.0 Å². The Morgan fingerprint density at radius 2 is 1.63 bits per heavy atom. The van der Waals surface area contributed by atoms with Gasteiger partial charge in [0.05, 0.1) is 17.3 Å². The first-order chi connectivity index (χ1) is 14.5. The Hall–Kier alpha value is -3.15. The third-order valence-corrected chi connectivity index (χ3v) is 5.36. The molecular weight excluding hydrogens is 414 g/mol. The Morgan fingerprint density at radius 3 is 2.30 bits per heavy atom. The van der Waals surface area contributed by atoms with Crippen molar-refractivity contribution in [2.45, 2.75) is 13.0 Å². The van der Waals surface area contributed by atoms with E-state index >= 15 is 0 Å². The van der Waals surface area contributed by atoms with Crippen molar-refractivity contribution in [3.63, 3.8) is 0 Å². The molecule has 1 amide bonds. The Morgan fingerprint density at radius 1 is 0.967 bits per heavy atom. The summed E-state index contributed by atoms with van der Waals surface area (Å²) >= 11 is 11.5. The Bertz CT molecular complexity index is 1110. The second-order valence-electron chi connectivity index (χ2n) is 7.06. The molecule has 6 heteroatoms. The number of aryl methyl sites for hydroxylation is 1. The lowest BCUT2D eigenvalue weighted by atomic mass is 9.92. The number of halogens is 1. The van der Waals surface area contributed by atoms with E-state index < -0.39 is 6.04 Å². The molecule has 3 aromatic carbocycles. The molecule has 1 aliphatic heterocycles. The zero-order chi connectivity index (χ0) is 21.1. The molecule has 0 bridgehead atoms. The number of rotatable bonds is 4. The molecule has 4 nitrogen and oxygen atoms in total. The molecule has 0 fully saturated rings. The molecule has 0 saturated carbocycles. The lowest BCUT2D eigenvalue weighted by Gasteiger charge is -2.31. The molecule has 3 aromatic rings. The summed E-state index contributed by atoms with van der Waals surface area (Å²) in [6.45, 7) is 2.01. The SMILES string of the molecule is Cc1ccc(NC(=O)C2=C(c3ccccc3)NC(=S)NC2c2ccc(Cl)cc2)cc1. The lowest BCUT2D eigenvalue weighted by molar-refractivity contribution is -0.113. The zero-order valence-corrected chi connectivity index (χ0v) is 17.8. The van der Waals surface area contributed by atoms with Crippen LogP contribution in [0.4, 0.5) is 5.69 Å². The summed E-state index contributed by atoms with van der Waals surface area (Å²) in [4.78, 5) is 13.5. The summed E-state index contributed by atoms with van der Waals surface area (Å²) in [5, 5.41) is 10.5. The first kappa shape index (κ1) is 20.1. The lowest BCUT2D eigenvalue weighted by Crippen LogP contribution is -2.45. The number of nitrogens with one attached hydrogen (secondary N) is 3. The van der Waals surface area contributed by atoms with Gasteiger partial charge in [-0.2, -0.15) is 0 Å².